The van der Waals surface area contributed by atoms with Gasteiger partial charge in [0.1, 0.15) is 0 Å². The first-order valence-electron chi connectivity index (χ1n) is 13.4. The Morgan fingerprint density at radius 1 is 1.13 bits per heavy atom. The van der Waals surface area contributed by atoms with Crippen molar-refractivity contribution in [2.75, 3.05) is 18.0 Å². The highest BCUT2D eigenvalue weighted by Gasteiger charge is 2.28. The maximum atomic E-state index is 14.7. The summed E-state index contributed by atoms with van der Waals surface area (Å²) in [5, 5.41) is 0. The van der Waals surface area contributed by atoms with Crippen LogP contribution in [0.4, 0.5) is 18.9 Å². The Balaban J connectivity index is 1.44. The van der Waals surface area contributed by atoms with Gasteiger partial charge in [-0.3, -0.25) is 9.78 Å². The van der Waals surface area contributed by atoms with Crippen LogP contribution in [0.2, 0.25) is 0 Å². The normalized spacial score (nSPS) is 15.4. The van der Waals surface area contributed by atoms with Crippen LogP contribution in [0.25, 0.3) is 0 Å². The fourth-order valence-corrected chi connectivity index (χ4v) is 5.62. The molecule has 1 amide bonds. The lowest BCUT2D eigenvalue weighted by atomic mass is 9.95. The Bertz CT molecular complexity index is 1340. The van der Waals surface area contributed by atoms with Gasteiger partial charge >= 0.3 is 0 Å². The van der Waals surface area contributed by atoms with Crippen molar-refractivity contribution in [3.05, 3.63) is 87.8 Å². The minimum atomic E-state index is -0.863. The number of pyridine rings is 2. The Hall–Kier alpha value is -3.46. The van der Waals surface area contributed by atoms with Crippen LogP contribution in [0.5, 0.6) is 0 Å². The predicted octanol–water partition coefficient (Wildman–Crippen LogP) is 5.41. The lowest BCUT2D eigenvalue weighted by Crippen LogP contribution is -2.47. The van der Waals surface area contributed by atoms with Gasteiger partial charge in [-0.15, -0.1) is 0 Å². The van der Waals surface area contributed by atoms with Gasteiger partial charge in [0.15, 0.2) is 11.6 Å². The number of aromatic nitrogens is 2. The van der Waals surface area contributed by atoms with Crippen molar-refractivity contribution in [3.63, 3.8) is 0 Å². The summed E-state index contributed by atoms with van der Waals surface area (Å²) < 4.78 is 42.6. The summed E-state index contributed by atoms with van der Waals surface area (Å²) in [4.78, 5) is 24.5. The Morgan fingerprint density at radius 2 is 1.85 bits per heavy atom. The number of benzene rings is 1. The highest BCUT2D eigenvalue weighted by molar-refractivity contribution is 5.95. The third kappa shape index (κ3) is 6.41. The smallest absolute Gasteiger partial charge is 0.250 e. The molecule has 1 fully saturated rings. The summed E-state index contributed by atoms with van der Waals surface area (Å²) in [5.41, 5.74) is 9.88. The van der Waals surface area contributed by atoms with E-state index in [2.05, 4.69) is 26.7 Å². The average molecular weight is 540 g/mol. The van der Waals surface area contributed by atoms with E-state index in [0.29, 0.717) is 47.5 Å². The van der Waals surface area contributed by atoms with E-state index in [1.165, 1.54) is 12.1 Å². The molecule has 1 aromatic carbocycles. The number of carbonyl (C=O) groups is 1. The van der Waals surface area contributed by atoms with Gasteiger partial charge in [-0.1, -0.05) is 0 Å². The van der Waals surface area contributed by atoms with E-state index in [1.54, 1.807) is 26.1 Å². The minimum Gasteiger partial charge on any atom is -0.366 e. The molecule has 208 valence electrons. The molecule has 1 saturated heterocycles. The van der Waals surface area contributed by atoms with E-state index in [-0.39, 0.29) is 12.1 Å². The molecule has 0 radical (unpaired) electrons. The van der Waals surface area contributed by atoms with Gasteiger partial charge in [0.2, 0.25) is 5.95 Å². The number of nitrogens with two attached hydrogens (primary N) is 1. The molecule has 4 rings (SSSR count). The van der Waals surface area contributed by atoms with E-state index < -0.39 is 23.5 Å². The number of hydrogen-bond donors (Lipinski definition) is 1. The largest absolute Gasteiger partial charge is 0.366 e. The van der Waals surface area contributed by atoms with Crippen molar-refractivity contribution in [1.29, 1.82) is 0 Å². The van der Waals surface area contributed by atoms with Gasteiger partial charge in [0, 0.05) is 61.4 Å². The highest BCUT2D eigenvalue weighted by atomic mass is 19.2. The summed E-state index contributed by atoms with van der Waals surface area (Å²) in [7, 11) is 0. The monoisotopic (exact) mass is 539 g/mol. The van der Waals surface area contributed by atoms with Crippen molar-refractivity contribution in [2.45, 2.75) is 72.0 Å². The topological polar surface area (TPSA) is 75.3 Å². The number of aryl methyl sites for hydroxylation is 2. The van der Waals surface area contributed by atoms with Crippen LogP contribution in [0, 0.1) is 38.4 Å². The lowest BCUT2D eigenvalue weighted by molar-refractivity contribution is 0.0998. The summed E-state index contributed by atoms with van der Waals surface area (Å²) in [6.07, 6.45) is 6.40. The molecule has 1 atom stereocenters. The van der Waals surface area contributed by atoms with Crippen LogP contribution in [-0.4, -0.2) is 45.9 Å². The second-order valence-electron chi connectivity index (χ2n) is 10.5. The molecular weight excluding hydrogens is 503 g/mol. The van der Waals surface area contributed by atoms with E-state index in [0.717, 1.165) is 37.1 Å². The van der Waals surface area contributed by atoms with Crippen LogP contribution in [0.1, 0.15) is 64.5 Å². The summed E-state index contributed by atoms with van der Waals surface area (Å²) in [6.45, 7) is 9.64. The number of primary amides is 1. The Kier molecular flexibility index (Phi) is 8.90. The molecule has 0 saturated carbocycles. The SMILES string of the molecule is Cc1ccncc1CN(c1ccc(F)c(F)c1)C1CCN([C@H](C)CCc2c(F)nc(C)c(C(N)=O)c2C)CC1. The van der Waals surface area contributed by atoms with Crippen molar-refractivity contribution >= 4 is 11.6 Å². The maximum Gasteiger partial charge on any atom is 0.250 e. The van der Waals surface area contributed by atoms with E-state index >= 15 is 0 Å². The molecule has 6 nitrogen and oxygen atoms in total. The maximum absolute atomic E-state index is 14.7. The van der Waals surface area contributed by atoms with Crippen LogP contribution >= 0.6 is 0 Å². The number of rotatable bonds is 9. The fourth-order valence-electron chi connectivity index (χ4n) is 5.62. The number of likely N-dealkylation sites (tertiary alicyclic amines) is 1. The molecule has 1 aliphatic rings. The van der Waals surface area contributed by atoms with Gasteiger partial charge in [-0.05, 0) is 88.3 Å². The number of amides is 1. The number of carbonyl (C=O) groups excluding carboxylic acids is 1. The van der Waals surface area contributed by atoms with Crippen LogP contribution in [0.3, 0.4) is 0 Å². The fraction of sp³-hybridized carbons (Fsp3) is 0.433. The van der Waals surface area contributed by atoms with Crippen molar-refractivity contribution < 1.29 is 18.0 Å². The summed E-state index contributed by atoms with van der Waals surface area (Å²) >= 11 is 0. The zero-order chi connectivity index (χ0) is 28.3. The molecule has 3 aromatic rings. The molecule has 0 aliphatic carbocycles. The molecule has 2 aromatic heterocycles. The minimum absolute atomic E-state index is 0.136. The number of nitrogens with zero attached hydrogens (tertiary/aromatic N) is 4. The number of piperidine rings is 1. The molecule has 0 spiro atoms. The van der Waals surface area contributed by atoms with Gasteiger partial charge in [0.25, 0.3) is 5.91 Å². The first-order chi connectivity index (χ1) is 18.6. The quantitative estimate of drug-likeness (QED) is 0.368. The van der Waals surface area contributed by atoms with E-state index in [1.807, 2.05) is 19.2 Å². The molecule has 0 unspecified atom stereocenters. The van der Waals surface area contributed by atoms with Gasteiger partial charge in [-0.25, -0.2) is 13.8 Å². The molecule has 2 N–H and O–H groups in total. The second kappa shape index (κ2) is 12.2. The van der Waals surface area contributed by atoms with Crippen LogP contribution in [-0.2, 0) is 13.0 Å². The average Bonchev–Trinajstić information content (AvgIpc) is 2.89. The zero-order valence-corrected chi connectivity index (χ0v) is 23.0. The standard InChI is InChI=1S/C30H36F3N5O/c1-18-9-12-35-16-22(18)17-38(24-6-8-26(31)27(32)15-24)23-10-13-37(14-11-23)19(2)5-7-25-20(3)28(30(34)39)21(4)36-29(25)33/h6,8-9,12,15-16,19,23H,5,7,10-11,13-14,17H2,1-4H3,(H2,34,39)/t19-/m1/s1. The first kappa shape index (κ1) is 28.5. The molecular formula is C30H36F3N5O. The van der Waals surface area contributed by atoms with Crippen LogP contribution in [0.15, 0.2) is 36.7 Å². The van der Waals surface area contributed by atoms with E-state index in [4.69, 9.17) is 5.73 Å². The van der Waals surface area contributed by atoms with Gasteiger partial charge in [0.05, 0.1) is 11.3 Å². The third-order valence-corrected chi connectivity index (χ3v) is 8.05. The molecule has 1 aliphatic heterocycles. The molecule has 9 heteroatoms. The summed E-state index contributed by atoms with van der Waals surface area (Å²) in [6, 6.07) is 6.34. The molecule has 0 bridgehead atoms. The van der Waals surface area contributed by atoms with Crippen molar-refractivity contribution in [3.8, 4) is 0 Å². The summed E-state index contributed by atoms with van der Waals surface area (Å²) in [5.74, 6) is -2.87. The Labute approximate surface area is 228 Å². The third-order valence-electron chi connectivity index (χ3n) is 8.05. The molecule has 39 heavy (non-hydrogen) atoms. The first-order valence-corrected chi connectivity index (χ1v) is 13.4. The lowest BCUT2D eigenvalue weighted by Gasteiger charge is -2.42. The van der Waals surface area contributed by atoms with Crippen molar-refractivity contribution in [1.82, 2.24) is 14.9 Å². The second-order valence-corrected chi connectivity index (χ2v) is 10.5. The number of hydrogen-bond acceptors (Lipinski definition) is 5. The van der Waals surface area contributed by atoms with Crippen molar-refractivity contribution in [2.24, 2.45) is 5.73 Å². The van der Waals surface area contributed by atoms with E-state index in [9.17, 15) is 18.0 Å². The molecule has 3 heterocycles. The number of halogens is 3. The highest BCUT2D eigenvalue weighted by Crippen LogP contribution is 2.29. The predicted molar refractivity (Wildman–Crippen MR) is 146 cm³/mol. The zero-order valence-electron chi connectivity index (χ0n) is 23.0. The Morgan fingerprint density at radius 3 is 2.49 bits per heavy atom. The van der Waals surface area contributed by atoms with Gasteiger partial charge in [-0.2, -0.15) is 4.39 Å². The van der Waals surface area contributed by atoms with Gasteiger partial charge < -0.3 is 15.5 Å². The number of anilines is 1. The van der Waals surface area contributed by atoms with Crippen LogP contribution < -0.4 is 10.6 Å².